The number of nitrogens with one attached hydrogen (secondary N) is 1. The molecule has 0 aromatic heterocycles. The highest BCUT2D eigenvalue weighted by molar-refractivity contribution is 6.33. The second-order valence-corrected chi connectivity index (χ2v) is 6.82. The summed E-state index contributed by atoms with van der Waals surface area (Å²) in [7, 11) is 0. The van der Waals surface area contributed by atoms with E-state index in [9.17, 15) is 18.4 Å². The van der Waals surface area contributed by atoms with E-state index in [2.05, 4.69) is 5.32 Å². The average Bonchev–Trinajstić information content (AvgIpc) is 2.94. The van der Waals surface area contributed by atoms with Crippen LogP contribution in [-0.2, 0) is 14.9 Å². The van der Waals surface area contributed by atoms with Crippen molar-refractivity contribution in [3.63, 3.8) is 0 Å². The van der Waals surface area contributed by atoms with Crippen molar-refractivity contribution < 1.29 is 28.2 Å². The summed E-state index contributed by atoms with van der Waals surface area (Å²) in [5.74, 6) is -4.92. The van der Waals surface area contributed by atoms with Gasteiger partial charge in [0.2, 0.25) is 0 Å². The van der Waals surface area contributed by atoms with E-state index in [-0.39, 0.29) is 16.3 Å². The van der Waals surface area contributed by atoms with E-state index in [0.717, 1.165) is 6.07 Å². The van der Waals surface area contributed by atoms with Gasteiger partial charge < -0.3 is 9.84 Å². The summed E-state index contributed by atoms with van der Waals surface area (Å²) in [5, 5.41) is 11.5. The molecule has 0 aliphatic heterocycles. The van der Waals surface area contributed by atoms with Gasteiger partial charge in [-0.05, 0) is 38.5 Å². The number of ether oxygens (including phenoxy) is 1. The lowest BCUT2D eigenvalue weighted by molar-refractivity contribution is -0.142. The van der Waals surface area contributed by atoms with Gasteiger partial charge in [-0.1, -0.05) is 17.7 Å². The third kappa shape index (κ3) is 3.24. The minimum atomic E-state index is -3.32. The van der Waals surface area contributed by atoms with Gasteiger partial charge in [0, 0.05) is 6.42 Å². The molecular formula is C15H16ClF2NO4. The summed E-state index contributed by atoms with van der Waals surface area (Å²) in [6, 6.07) is 3.62. The van der Waals surface area contributed by atoms with Gasteiger partial charge in [-0.25, -0.2) is 13.6 Å². The molecule has 1 amide bonds. The number of alkyl halides is 2. The number of anilines is 1. The Morgan fingerprint density at radius 1 is 1.35 bits per heavy atom. The molecule has 1 aromatic carbocycles. The van der Waals surface area contributed by atoms with Gasteiger partial charge in [-0.15, -0.1) is 0 Å². The van der Waals surface area contributed by atoms with Gasteiger partial charge in [0.1, 0.15) is 5.60 Å². The lowest BCUT2D eigenvalue weighted by Crippen LogP contribution is -2.28. The van der Waals surface area contributed by atoms with E-state index in [1.165, 1.54) is 12.1 Å². The van der Waals surface area contributed by atoms with Crippen LogP contribution in [0.25, 0.3) is 0 Å². The molecule has 5 nitrogen and oxygen atoms in total. The van der Waals surface area contributed by atoms with E-state index < -0.39 is 35.4 Å². The predicted octanol–water partition coefficient (Wildman–Crippen LogP) is 4.05. The molecule has 1 aromatic rings. The van der Waals surface area contributed by atoms with Crippen molar-refractivity contribution in [1.29, 1.82) is 0 Å². The largest absolute Gasteiger partial charge is 0.480 e. The van der Waals surface area contributed by atoms with Crippen LogP contribution in [0.3, 0.4) is 0 Å². The van der Waals surface area contributed by atoms with E-state index in [1.54, 1.807) is 20.8 Å². The van der Waals surface area contributed by atoms with Crippen LogP contribution < -0.4 is 5.32 Å². The van der Waals surface area contributed by atoms with E-state index in [1.807, 2.05) is 0 Å². The zero-order valence-electron chi connectivity index (χ0n) is 12.7. The van der Waals surface area contributed by atoms with Crippen LogP contribution in [0, 0.1) is 0 Å². The van der Waals surface area contributed by atoms with E-state index >= 15 is 0 Å². The lowest BCUT2D eigenvalue weighted by Gasteiger charge is -2.20. The maximum atomic E-state index is 13.5. The number of halogens is 3. The number of aliphatic carboxylic acids is 1. The standard InChI is InChI=1S/C15H16ClF2NO4/c1-13(2,3)23-12(22)19-10-5-4-8(6-9(10)16)14(11(20)21)7-15(14,17)18/h4-6H,7H2,1-3H3,(H,19,22)(H,20,21). The van der Waals surface area contributed by atoms with E-state index in [0.29, 0.717) is 0 Å². The molecule has 126 valence electrons. The quantitative estimate of drug-likeness (QED) is 0.865. The third-order valence-electron chi connectivity index (χ3n) is 3.45. The minimum Gasteiger partial charge on any atom is -0.480 e. The van der Waals surface area contributed by atoms with Crippen molar-refractivity contribution in [3.05, 3.63) is 28.8 Å². The zero-order chi connectivity index (χ0) is 17.6. The molecule has 1 aliphatic rings. The smallest absolute Gasteiger partial charge is 0.412 e. The van der Waals surface area contributed by atoms with Crippen LogP contribution in [0.15, 0.2) is 18.2 Å². The summed E-state index contributed by atoms with van der Waals surface area (Å²) in [4.78, 5) is 22.9. The first kappa shape index (κ1) is 17.5. The molecule has 2 N–H and O–H groups in total. The fourth-order valence-corrected chi connectivity index (χ4v) is 2.48. The van der Waals surface area contributed by atoms with Crippen molar-refractivity contribution >= 4 is 29.4 Å². The molecule has 1 saturated carbocycles. The minimum absolute atomic E-state index is 0.0447. The van der Waals surface area contributed by atoms with Gasteiger partial charge in [-0.3, -0.25) is 10.1 Å². The van der Waals surface area contributed by atoms with Gasteiger partial charge >= 0.3 is 12.1 Å². The molecule has 0 heterocycles. The summed E-state index contributed by atoms with van der Waals surface area (Å²) >= 11 is 5.97. The Balaban J connectivity index is 2.23. The van der Waals surface area contributed by atoms with Crippen molar-refractivity contribution in [2.45, 2.75) is 44.1 Å². The first-order chi connectivity index (χ1) is 10.4. The number of carbonyl (C=O) groups is 2. The molecule has 0 saturated heterocycles. The Hall–Kier alpha value is -1.89. The topological polar surface area (TPSA) is 75.6 Å². The van der Waals surface area contributed by atoms with Crippen LogP contribution in [-0.4, -0.2) is 28.7 Å². The number of carboxylic acids is 1. The summed E-state index contributed by atoms with van der Waals surface area (Å²) in [6.45, 7) is 5.05. The van der Waals surface area contributed by atoms with Gasteiger partial charge in [0.05, 0.1) is 10.7 Å². The Bertz CT molecular complexity index is 672. The Morgan fingerprint density at radius 3 is 2.30 bits per heavy atom. The first-order valence-corrected chi connectivity index (χ1v) is 7.18. The van der Waals surface area contributed by atoms with Gasteiger partial charge in [0.25, 0.3) is 5.92 Å². The molecule has 0 bridgehead atoms. The van der Waals surface area contributed by atoms with Gasteiger partial charge in [0.15, 0.2) is 5.41 Å². The number of rotatable bonds is 3. The molecule has 8 heteroatoms. The normalized spacial score (nSPS) is 22.3. The average molecular weight is 348 g/mol. The molecule has 23 heavy (non-hydrogen) atoms. The summed E-state index contributed by atoms with van der Waals surface area (Å²) in [5.41, 5.74) is -2.91. The Labute approximate surface area is 136 Å². The summed E-state index contributed by atoms with van der Waals surface area (Å²) < 4.78 is 32.1. The van der Waals surface area contributed by atoms with Crippen LogP contribution in [0.2, 0.25) is 5.02 Å². The maximum Gasteiger partial charge on any atom is 0.412 e. The number of carboxylic acid groups (broad SMARTS) is 1. The van der Waals surface area contributed by atoms with Crippen LogP contribution in [0.4, 0.5) is 19.3 Å². The Morgan fingerprint density at radius 2 is 1.91 bits per heavy atom. The highest BCUT2D eigenvalue weighted by Crippen LogP contribution is 2.62. The van der Waals surface area contributed by atoms with E-state index in [4.69, 9.17) is 21.4 Å². The van der Waals surface area contributed by atoms with Crippen LogP contribution in [0.1, 0.15) is 32.8 Å². The lowest BCUT2D eigenvalue weighted by atomic mass is 9.95. The SMILES string of the molecule is CC(C)(C)OC(=O)Nc1ccc(C2(C(=O)O)CC2(F)F)cc1Cl. The van der Waals surface area contributed by atoms with Crippen molar-refractivity contribution in [2.24, 2.45) is 0 Å². The number of hydrogen-bond donors (Lipinski definition) is 2. The van der Waals surface area contributed by atoms with Crippen LogP contribution in [0.5, 0.6) is 0 Å². The molecule has 1 atom stereocenters. The molecule has 1 unspecified atom stereocenters. The Kier molecular flexibility index (Phi) is 4.05. The fraction of sp³-hybridized carbons (Fsp3) is 0.467. The monoisotopic (exact) mass is 347 g/mol. The highest BCUT2D eigenvalue weighted by Gasteiger charge is 2.77. The number of hydrogen-bond acceptors (Lipinski definition) is 3. The molecule has 0 radical (unpaired) electrons. The predicted molar refractivity (Wildman–Crippen MR) is 80.2 cm³/mol. The zero-order valence-corrected chi connectivity index (χ0v) is 13.5. The van der Waals surface area contributed by atoms with Crippen molar-refractivity contribution in [3.8, 4) is 0 Å². The third-order valence-corrected chi connectivity index (χ3v) is 3.76. The molecule has 1 aliphatic carbocycles. The highest BCUT2D eigenvalue weighted by atomic mass is 35.5. The maximum absolute atomic E-state index is 13.5. The second kappa shape index (κ2) is 5.33. The number of amides is 1. The molecule has 2 rings (SSSR count). The van der Waals surface area contributed by atoms with Crippen molar-refractivity contribution in [1.82, 2.24) is 0 Å². The van der Waals surface area contributed by atoms with Crippen molar-refractivity contribution in [2.75, 3.05) is 5.32 Å². The number of benzene rings is 1. The van der Waals surface area contributed by atoms with Gasteiger partial charge in [-0.2, -0.15) is 0 Å². The van der Waals surface area contributed by atoms with Crippen LogP contribution >= 0.6 is 11.6 Å². The molecule has 1 fully saturated rings. The fourth-order valence-electron chi connectivity index (χ4n) is 2.25. The second-order valence-electron chi connectivity index (χ2n) is 6.41. The molecule has 0 spiro atoms. The summed E-state index contributed by atoms with van der Waals surface area (Å²) in [6.07, 6.45) is -1.53. The molecular weight excluding hydrogens is 332 g/mol. The first-order valence-electron chi connectivity index (χ1n) is 6.80. The number of carbonyl (C=O) groups excluding carboxylic acids is 1.